The summed E-state index contributed by atoms with van der Waals surface area (Å²) in [4.78, 5) is 24.5. The monoisotopic (exact) mass is 422 g/mol. The molecule has 0 aliphatic heterocycles. The molecule has 0 radical (unpaired) electrons. The average molecular weight is 423 g/mol. The summed E-state index contributed by atoms with van der Waals surface area (Å²) in [7, 11) is 0. The predicted octanol–water partition coefficient (Wildman–Crippen LogP) is 4.72. The maximum atomic E-state index is 12.3. The van der Waals surface area contributed by atoms with Crippen LogP contribution in [0.15, 0.2) is 77.9 Å². The van der Waals surface area contributed by atoms with E-state index in [1.54, 1.807) is 72.8 Å². The van der Waals surface area contributed by atoms with Gasteiger partial charge in [0, 0.05) is 16.1 Å². The van der Waals surface area contributed by atoms with Gasteiger partial charge < -0.3 is 9.47 Å². The minimum atomic E-state index is -0.522. The lowest BCUT2D eigenvalue weighted by Gasteiger charge is -2.07. The number of halogens is 1. The molecular weight excluding hydrogens is 404 g/mol. The largest absolute Gasteiger partial charge is 0.494 e. The highest BCUT2D eigenvalue weighted by Gasteiger charge is 2.11. The molecule has 0 spiro atoms. The van der Waals surface area contributed by atoms with Gasteiger partial charge in [-0.3, -0.25) is 4.79 Å². The molecule has 0 saturated carbocycles. The number of para-hydroxylation sites is 1. The van der Waals surface area contributed by atoms with Crippen molar-refractivity contribution in [3.63, 3.8) is 0 Å². The number of nitrogens with zero attached hydrogens (tertiary/aromatic N) is 1. The Bertz CT molecular complexity index is 1050. The van der Waals surface area contributed by atoms with E-state index in [0.29, 0.717) is 39.8 Å². The Kier molecular flexibility index (Phi) is 7.19. The van der Waals surface area contributed by atoms with Gasteiger partial charge in [0.15, 0.2) is 0 Å². The third-order valence-electron chi connectivity index (χ3n) is 4.00. The van der Waals surface area contributed by atoms with Crippen molar-refractivity contribution >= 4 is 29.7 Å². The molecule has 3 rings (SSSR count). The number of ether oxygens (including phenoxy) is 2. The number of benzene rings is 3. The third-order valence-corrected chi connectivity index (χ3v) is 4.25. The van der Waals surface area contributed by atoms with E-state index in [0.717, 1.165) is 0 Å². The first-order valence-electron chi connectivity index (χ1n) is 9.20. The van der Waals surface area contributed by atoms with Gasteiger partial charge in [0.05, 0.1) is 18.4 Å². The van der Waals surface area contributed by atoms with Crippen LogP contribution in [0, 0.1) is 0 Å². The van der Waals surface area contributed by atoms with Gasteiger partial charge >= 0.3 is 5.97 Å². The molecular formula is C23H19ClN2O4. The zero-order valence-corrected chi connectivity index (χ0v) is 16.9. The second-order valence-corrected chi connectivity index (χ2v) is 6.53. The maximum Gasteiger partial charge on any atom is 0.343 e. The fourth-order valence-electron chi connectivity index (χ4n) is 2.52. The summed E-state index contributed by atoms with van der Waals surface area (Å²) in [5.74, 6) is 0.112. The summed E-state index contributed by atoms with van der Waals surface area (Å²) >= 11 is 5.84. The van der Waals surface area contributed by atoms with E-state index in [1.807, 2.05) is 6.92 Å². The lowest BCUT2D eigenvalue weighted by atomic mass is 10.2. The van der Waals surface area contributed by atoms with Crippen LogP contribution in [0.2, 0.25) is 5.02 Å². The molecule has 1 amide bonds. The number of hydrogen-bond acceptors (Lipinski definition) is 5. The number of hydrogen-bond donors (Lipinski definition) is 1. The molecule has 7 heteroatoms. The van der Waals surface area contributed by atoms with Crippen LogP contribution in [-0.2, 0) is 0 Å². The third kappa shape index (κ3) is 5.68. The van der Waals surface area contributed by atoms with Crippen LogP contribution in [-0.4, -0.2) is 24.7 Å². The van der Waals surface area contributed by atoms with Crippen molar-refractivity contribution in [2.75, 3.05) is 6.61 Å². The van der Waals surface area contributed by atoms with Crippen LogP contribution in [0.4, 0.5) is 0 Å². The minimum Gasteiger partial charge on any atom is -0.494 e. The van der Waals surface area contributed by atoms with Crippen molar-refractivity contribution in [3.05, 3.63) is 94.5 Å². The first-order valence-corrected chi connectivity index (χ1v) is 9.57. The van der Waals surface area contributed by atoms with Crippen molar-refractivity contribution in [1.82, 2.24) is 5.43 Å². The van der Waals surface area contributed by atoms with E-state index in [4.69, 9.17) is 21.1 Å². The molecule has 0 aliphatic rings. The van der Waals surface area contributed by atoms with Crippen molar-refractivity contribution in [3.8, 4) is 11.5 Å². The van der Waals surface area contributed by atoms with E-state index in [2.05, 4.69) is 10.5 Å². The Labute approximate surface area is 179 Å². The smallest absolute Gasteiger partial charge is 0.343 e. The fraction of sp³-hybridized carbons (Fsp3) is 0.0870. The highest BCUT2D eigenvalue weighted by atomic mass is 35.5. The Morgan fingerprint density at radius 3 is 2.33 bits per heavy atom. The second-order valence-electron chi connectivity index (χ2n) is 6.09. The molecule has 6 nitrogen and oxygen atoms in total. The minimum absolute atomic E-state index is 0.316. The highest BCUT2D eigenvalue weighted by molar-refractivity contribution is 6.30. The molecule has 0 heterocycles. The number of amides is 1. The van der Waals surface area contributed by atoms with Gasteiger partial charge in [-0.15, -0.1) is 0 Å². The van der Waals surface area contributed by atoms with Gasteiger partial charge in [-0.25, -0.2) is 10.2 Å². The lowest BCUT2D eigenvalue weighted by molar-refractivity contribution is 0.0734. The molecule has 0 aliphatic carbocycles. The summed E-state index contributed by atoms with van der Waals surface area (Å²) in [5.41, 5.74) is 3.80. The van der Waals surface area contributed by atoms with Crippen LogP contribution < -0.4 is 14.9 Å². The molecule has 0 unspecified atom stereocenters. The maximum absolute atomic E-state index is 12.3. The van der Waals surface area contributed by atoms with Crippen LogP contribution in [0.5, 0.6) is 11.5 Å². The SMILES string of the molecule is CCOc1ccc(C(=O)N/N=C\c2ccccc2OC(=O)c2ccc(Cl)cc2)cc1. The Balaban J connectivity index is 1.65. The predicted molar refractivity (Wildman–Crippen MR) is 116 cm³/mol. The molecule has 3 aromatic carbocycles. The quantitative estimate of drug-likeness (QED) is 0.258. The van der Waals surface area contributed by atoms with E-state index < -0.39 is 5.97 Å². The van der Waals surface area contributed by atoms with E-state index in [9.17, 15) is 9.59 Å². The molecule has 152 valence electrons. The summed E-state index contributed by atoms with van der Waals surface area (Å²) in [6.45, 7) is 2.44. The van der Waals surface area contributed by atoms with E-state index >= 15 is 0 Å². The second kappa shape index (κ2) is 10.2. The topological polar surface area (TPSA) is 77.0 Å². The number of rotatable bonds is 7. The molecule has 3 aromatic rings. The molecule has 30 heavy (non-hydrogen) atoms. The first kappa shape index (κ1) is 21.1. The lowest BCUT2D eigenvalue weighted by Crippen LogP contribution is -2.17. The van der Waals surface area contributed by atoms with Gasteiger partial charge in [-0.2, -0.15) is 5.10 Å². The Hall–Kier alpha value is -3.64. The first-order chi connectivity index (χ1) is 14.6. The summed E-state index contributed by atoms with van der Waals surface area (Å²) in [6, 6.07) is 20.0. The fourth-order valence-corrected chi connectivity index (χ4v) is 2.65. The van der Waals surface area contributed by atoms with Gasteiger partial charge in [0.25, 0.3) is 5.91 Å². The van der Waals surface area contributed by atoms with Gasteiger partial charge in [-0.1, -0.05) is 23.7 Å². The molecule has 0 aromatic heterocycles. The van der Waals surface area contributed by atoms with Crippen LogP contribution in [0.3, 0.4) is 0 Å². The van der Waals surface area contributed by atoms with Crippen molar-refractivity contribution < 1.29 is 19.1 Å². The summed E-state index contributed by atoms with van der Waals surface area (Å²) in [6.07, 6.45) is 1.41. The number of carbonyl (C=O) groups excluding carboxylic acids is 2. The Morgan fingerprint density at radius 1 is 0.967 bits per heavy atom. The van der Waals surface area contributed by atoms with Gasteiger partial charge in [0.1, 0.15) is 11.5 Å². The van der Waals surface area contributed by atoms with Gasteiger partial charge in [-0.05, 0) is 67.6 Å². The van der Waals surface area contributed by atoms with Gasteiger partial charge in [0.2, 0.25) is 0 Å². The highest BCUT2D eigenvalue weighted by Crippen LogP contribution is 2.19. The molecule has 0 atom stereocenters. The standard InChI is InChI=1S/C23H19ClN2O4/c1-2-29-20-13-9-16(10-14-20)22(27)26-25-15-18-5-3-4-6-21(18)30-23(28)17-7-11-19(24)12-8-17/h3-15H,2H2,1H3,(H,26,27)/b25-15-. The van der Waals surface area contributed by atoms with E-state index in [-0.39, 0.29) is 5.91 Å². The molecule has 0 bridgehead atoms. The van der Waals surface area contributed by atoms with Crippen LogP contribution >= 0.6 is 11.6 Å². The van der Waals surface area contributed by atoms with Crippen molar-refractivity contribution in [2.24, 2.45) is 5.10 Å². The number of nitrogens with one attached hydrogen (secondary N) is 1. The Morgan fingerprint density at radius 2 is 1.63 bits per heavy atom. The van der Waals surface area contributed by atoms with Crippen molar-refractivity contribution in [1.29, 1.82) is 0 Å². The zero-order valence-electron chi connectivity index (χ0n) is 16.2. The molecule has 1 N–H and O–H groups in total. The van der Waals surface area contributed by atoms with E-state index in [1.165, 1.54) is 6.21 Å². The summed E-state index contributed by atoms with van der Waals surface area (Å²) < 4.78 is 10.8. The van der Waals surface area contributed by atoms with Crippen molar-refractivity contribution in [2.45, 2.75) is 6.92 Å². The molecule has 0 fully saturated rings. The van der Waals surface area contributed by atoms with Crippen LogP contribution in [0.1, 0.15) is 33.2 Å². The number of esters is 1. The summed E-state index contributed by atoms with van der Waals surface area (Å²) in [5, 5.41) is 4.49. The normalized spacial score (nSPS) is 10.6. The average Bonchev–Trinajstić information content (AvgIpc) is 2.76. The molecule has 0 saturated heterocycles. The number of hydrazone groups is 1. The zero-order chi connectivity index (χ0) is 21.3. The van der Waals surface area contributed by atoms with Crippen LogP contribution in [0.25, 0.3) is 0 Å². The number of carbonyl (C=O) groups is 2.